The van der Waals surface area contributed by atoms with Gasteiger partial charge >= 0.3 is 0 Å². The number of anilines is 1. The molecule has 7 heteroatoms. The lowest BCUT2D eigenvalue weighted by molar-refractivity contribution is -0.112. The zero-order valence-corrected chi connectivity index (χ0v) is 16.1. The zero-order valence-electron chi connectivity index (χ0n) is 14.6. The number of benzene rings is 2. The predicted molar refractivity (Wildman–Crippen MR) is 108 cm³/mol. The van der Waals surface area contributed by atoms with Crippen molar-refractivity contribution in [1.82, 2.24) is 0 Å². The van der Waals surface area contributed by atoms with Gasteiger partial charge in [0.2, 0.25) is 0 Å². The van der Waals surface area contributed by atoms with E-state index in [-0.39, 0.29) is 11.4 Å². The predicted octanol–water partition coefficient (Wildman–Crippen LogP) is 6.25. The zero-order chi connectivity index (χ0) is 20.3. The molecule has 0 saturated heterocycles. The normalized spacial score (nSPS) is 11.2. The maximum absolute atomic E-state index is 13.3. The lowest BCUT2D eigenvalue weighted by Crippen LogP contribution is -2.13. The van der Waals surface area contributed by atoms with E-state index in [0.717, 1.165) is 0 Å². The summed E-state index contributed by atoms with van der Waals surface area (Å²) in [5.41, 5.74) is 1.20. The average molecular weight is 415 g/mol. The largest absolute Gasteiger partial charge is 0.457 e. The fraction of sp³-hybridized carbons (Fsp3) is 0.0476. The van der Waals surface area contributed by atoms with Crippen LogP contribution in [0.4, 0.5) is 10.1 Å². The summed E-state index contributed by atoms with van der Waals surface area (Å²) in [4.78, 5) is 12.3. The number of hydrogen-bond donors (Lipinski definition) is 1. The molecular weight excluding hydrogens is 402 g/mol. The van der Waals surface area contributed by atoms with Gasteiger partial charge in [0, 0.05) is 17.3 Å². The van der Waals surface area contributed by atoms with Gasteiger partial charge < -0.3 is 9.73 Å². The molecule has 0 radical (unpaired) electrons. The summed E-state index contributed by atoms with van der Waals surface area (Å²) >= 11 is 12.2. The van der Waals surface area contributed by atoms with Gasteiger partial charge in [-0.3, -0.25) is 4.79 Å². The number of rotatable bonds is 4. The van der Waals surface area contributed by atoms with Crippen molar-refractivity contribution in [3.8, 4) is 17.4 Å². The van der Waals surface area contributed by atoms with Crippen molar-refractivity contribution < 1.29 is 13.6 Å². The number of nitrogens with zero attached hydrogens (tertiary/aromatic N) is 1. The number of furan rings is 1. The second-order valence-electron chi connectivity index (χ2n) is 5.89. The third kappa shape index (κ3) is 4.25. The van der Waals surface area contributed by atoms with Crippen molar-refractivity contribution in [3.63, 3.8) is 0 Å². The summed E-state index contributed by atoms with van der Waals surface area (Å²) in [5.74, 6) is -0.261. The second-order valence-corrected chi connectivity index (χ2v) is 6.68. The average Bonchev–Trinajstić information content (AvgIpc) is 3.13. The van der Waals surface area contributed by atoms with Crippen LogP contribution in [-0.2, 0) is 4.79 Å². The van der Waals surface area contributed by atoms with Crippen molar-refractivity contribution in [1.29, 1.82) is 5.26 Å². The smallest absolute Gasteiger partial charge is 0.266 e. The molecule has 0 bridgehead atoms. The molecule has 3 aromatic rings. The standard InChI is InChI=1S/C21H13Cl2FN2O2/c1-12-9-14(5-7-18(12)24)26-21(27)13(11-25)10-15-6-8-19(28-15)16-3-2-4-17(22)20(16)23/h2-10H,1H3,(H,26,27)/b13-10+. The number of carbonyl (C=O) groups is 1. The molecule has 4 nitrogen and oxygen atoms in total. The molecule has 140 valence electrons. The Bertz CT molecular complexity index is 1130. The number of amides is 1. The Morgan fingerprint density at radius 1 is 1.21 bits per heavy atom. The Morgan fingerprint density at radius 3 is 2.71 bits per heavy atom. The molecule has 0 aliphatic heterocycles. The summed E-state index contributed by atoms with van der Waals surface area (Å²) in [5, 5.41) is 12.6. The highest BCUT2D eigenvalue weighted by molar-refractivity contribution is 6.43. The van der Waals surface area contributed by atoms with Crippen LogP contribution in [0.3, 0.4) is 0 Å². The van der Waals surface area contributed by atoms with E-state index in [1.165, 1.54) is 24.3 Å². The van der Waals surface area contributed by atoms with Crippen molar-refractivity contribution >= 4 is 40.9 Å². The van der Waals surface area contributed by atoms with Gasteiger partial charge in [0.25, 0.3) is 5.91 Å². The Morgan fingerprint density at radius 2 is 2.00 bits per heavy atom. The Balaban J connectivity index is 1.84. The Labute approximate surface area is 170 Å². The number of carbonyl (C=O) groups excluding carboxylic acids is 1. The van der Waals surface area contributed by atoms with Crippen molar-refractivity contribution in [2.45, 2.75) is 6.92 Å². The van der Waals surface area contributed by atoms with E-state index in [2.05, 4.69) is 5.32 Å². The highest BCUT2D eigenvalue weighted by Gasteiger charge is 2.14. The van der Waals surface area contributed by atoms with Crippen LogP contribution in [0.25, 0.3) is 17.4 Å². The van der Waals surface area contributed by atoms with Crippen molar-refractivity contribution in [2.75, 3.05) is 5.32 Å². The molecule has 0 unspecified atom stereocenters. The van der Waals surface area contributed by atoms with E-state index in [0.29, 0.717) is 38.4 Å². The van der Waals surface area contributed by atoms with Crippen LogP contribution in [0.5, 0.6) is 0 Å². The van der Waals surface area contributed by atoms with E-state index in [4.69, 9.17) is 27.6 Å². The molecule has 0 atom stereocenters. The third-order valence-electron chi connectivity index (χ3n) is 3.91. The molecule has 1 heterocycles. The monoisotopic (exact) mass is 414 g/mol. The molecule has 0 aliphatic rings. The van der Waals surface area contributed by atoms with Gasteiger partial charge in [-0.25, -0.2) is 4.39 Å². The summed E-state index contributed by atoms with van der Waals surface area (Å²) in [6.07, 6.45) is 1.31. The molecule has 1 N–H and O–H groups in total. The molecule has 1 amide bonds. The van der Waals surface area contributed by atoms with Crippen LogP contribution in [0.15, 0.2) is 58.5 Å². The fourth-order valence-electron chi connectivity index (χ4n) is 2.48. The van der Waals surface area contributed by atoms with E-state index < -0.39 is 5.91 Å². The first kappa shape index (κ1) is 19.7. The van der Waals surface area contributed by atoms with Crippen LogP contribution in [0.2, 0.25) is 10.0 Å². The summed E-state index contributed by atoms with van der Waals surface area (Å²) in [6, 6.07) is 14.4. The molecule has 0 fully saturated rings. The van der Waals surface area contributed by atoms with E-state index in [1.54, 1.807) is 37.3 Å². The first-order valence-corrected chi connectivity index (χ1v) is 8.88. The van der Waals surface area contributed by atoms with Gasteiger partial charge in [0.05, 0.1) is 10.0 Å². The van der Waals surface area contributed by atoms with Gasteiger partial charge in [-0.1, -0.05) is 29.3 Å². The minimum atomic E-state index is -0.632. The maximum atomic E-state index is 13.3. The number of nitriles is 1. The fourth-order valence-corrected chi connectivity index (χ4v) is 2.87. The highest BCUT2D eigenvalue weighted by Crippen LogP contribution is 2.34. The van der Waals surface area contributed by atoms with Crippen LogP contribution in [-0.4, -0.2) is 5.91 Å². The summed E-state index contributed by atoms with van der Waals surface area (Å²) in [6.45, 7) is 1.58. The van der Waals surface area contributed by atoms with Gasteiger partial charge in [0.15, 0.2) is 0 Å². The lowest BCUT2D eigenvalue weighted by Gasteiger charge is -2.05. The van der Waals surface area contributed by atoms with E-state index in [1.807, 2.05) is 6.07 Å². The molecule has 0 aliphatic carbocycles. The number of aryl methyl sites for hydroxylation is 1. The van der Waals surface area contributed by atoms with Gasteiger partial charge in [0.1, 0.15) is 29.0 Å². The quantitative estimate of drug-likeness (QED) is 0.405. The molecule has 0 spiro atoms. The summed E-state index contributed by atoms with van der Waals surface area (Å²) in [7, 11) is 0. The number of nitrogens with one attached hydrogen (secondary N) is 1. The van der Waals surface area contributed by atoms with Gasteiger partial charge in [-0.15, -0.1) is 0 Å². The molecule has 28 heavy (non-hydrogen) atoms. The van der Waals surface area contributed by atoms with Crippen molar-refractivity contribution in [3.05, 3.63) is 81.3 Å². The topological polar surface area (TPSA) is 66.0 Å². The first-order chi connectivity index (χ1) is 13.4. The minimum Gasteiger partial charge on any atom is -0.457 e. The third-order valence-corrected chi connectivity index (χ3v) is 4.73. The van der Waals surface area contributed by atoms with Crippen molar-refractivity contribution in [2.24, 2.45) is 0 Å². The molecule has 2 aromatic carbocycles. The second kappa shape index (κ2) is 8.30. The summed E-state index contributed by atoms with van der Waals surface area (Å²) < 4.78 is 19.0. The number of hydrogen-bond acceptors (Lipinski definition) is 3. The lowest BCUT2D eigenvalue weighted by atomic mass is 10.2. The van der Waals surface area contributed by atoms with Crippen LogP contribution in [0, 0.1) is 24.1 Å². The Hall–Kier alpha value is -3.07. The highest BCUT2D eigenvalue weighted by atomic mass is 35.5. The maximum Gasteiger partial charge on any atom is 0.266 e. The Kier molecular flexibility index (Phi) is 5.84. The van der Waals surface area contributed by atoms with Gasteiger partial charge in [-0.2, -0.15) is 5.26 Å². The molecular formula is C21H13Cl2FN2O2. The minimum absolute atomic E-state index is 0.167. The molecule has 0 saturated carbocycles. The molecule has 1 aromatic heterocycles. The van der Waals surface area contributed by atoms with E-state index in [9.17, 15) is 14.4 Å². The van der Waals surface area contributed by atoms with Crippen LogP contribution < -0.4 is 5.32 Å². The number of halogens is 3. The van der Waals surface area contributed by atoms with Gasteiger partial charge in [-0.05, 0) is 55.0 Å². The first-order valence-electron chi connectivity index (χ1n) is 8.12. The molecule has 3 rings (SSSR count). The SMILES string of the molecule is Cc1cc(NC(=O)/C(C#N)=C/c2ccc(-c3cccc(Cl)c3Cl)o2)ccc1F. The van der Waals surface area contributed by atoms with Crippen LogP contribution in [0.1, 0.15) is 11.3 Å². The van der Waals surface area contributed by atoms with E-state index >= 15 is 0 Å². The van der Waals surface area contributed by atoms with Crippen LogP contribution >= 0.6 is 23.2 Å².